The number of benzene rings is 1. The number of aromatic nitrogens is 4. The Bertz CT molecular complexity index is 1310. The Hall–Kier alpha value is -3.02. The number of furan rings is 2. The number of halogens is 1. The zero-order valence-electron chi connectivity index (χ0n) is 15.9. The van der Waals surface area contributed by atoms with Gasteiger partial charge in [-0.25, -0.2) is 9.36 Å². The molecule has 2 atom stereocenters. The highest BCUT2D eigenvalue weighted by Crippen LogP contribution is 2.31. The molecule has 29 heavy (non-hydrogen) atoms. The first kappa shape index (κ1) is 18.0. The quantitative estimate of drug-likeness (QED) is 0.379. The van der Waals surface area contributed by atoms with Crippen LogP contribution in [0, 0.1) is 12.3 Å². The molecule has 5 heterocycles. The Labute approximate surface area is 171 Å². The van der Waals surface area contributed by atoms with E-state index in [0.717, 1.165) is 19.4 Å². The standard InChI is InChI=1S/C20H18ClN5O3/c1-4-14(12-6-5-9-24(12)2)29-18-16-17(22-19(21)23-18)26(20(27)25(16)3)13-10-11-7-8-15(13)28-11/h1,7-8,10,12,14H,5-6,9H2,2-3H3/t12-,14-/m0/s1. The average molecular weight is 412 g/mol. The van der Waals surface area contributed by atoms with E-state index in [0.29, 0.717) is 28.0 Å². The van der Waals surface area contributed by atoms with Crippen molar-refractivity contribution in [3.05, 3.63) is 34.0 Å². The zero-order chi connectivity index (χ0) is 20.3. The molecule has 4 aromatic heterocycles. The topological polar surface area (TPSA) is 78.3 Å². The lowest BCUT2D eigenvalue weighted by molar-refractivity contribution is 0.146. The second-order valence-corrected chi connectivity index (χ2v) is 7.61. The van der Waals surface area contributed by atoms with Crippen molar-refractivity contribution >= 4 is 33.9 Å². The van der Waals surface area contributed by atoms with Crippen LogP contribution in [0.5, 0.6) is 5.88 Å². The van der Waals surface area contributed by atoms with Crippen LogP contribution in [0.1, 0.15) is 12.8 Å². The molecule has 0 unspecified atom stereocenters. The Morgan fingerprint density at radius 1 is 1.38 bits per heavy atom. The van der Waals surface area contributed by atoms with Gasteiger partial charge in [-0.15, -0.1) is 6.42 Å². The minimum atomic E-state index is -0.520. The number of likely N-dealkylation sites (tertiary alicyclic amines) is 1. The predicted molar refractivity (Wildman–Crippen MR) is 109 cm³/mol. The molecular weight excluding hydrogens is 394 g/mol. The van der Waals surface area contributed by atoms with Gasteiger partial charge in [-0.2, -0.15) is 9.97 Å². The number of hydrogen-bond donors (Lipinski definition) is 0. The maximum atomic E-state index is 13.0. The van der Waals surface area contributed by atoms with Gasteiger partial charge < -0.3 is 9.15 Å². The summed E-state index contributed by atoms with van der Waals surface area (Å²) in [6.07, 6.45) is 7.23. The van der Waals surface area contributed by atoms with Gasteiger partial charge in [-0.3, -0.25) is 9.47 Å². The molecule has 0 N–H and O–H groups in total. The van der Waals surface area contributed by atoms with Crippen LogP contribution in [0.15, 0.2) is 27.4 Å². The van der Waals surface area contributed by atoms with E-state index in [1.807, 2.05) is 13.1 Å². The number of rotatable bonds is 4. The molecule has 148 valence electrons. The Morgan fingerprint density at radius 3 is 2.83 bits per heavy atom. The van der Waals surface area contributed by atoms with E-state index in [1.165, 1.54) is 9.13 Å². The lowest BCUT2D eigenvalue weighted by atomic mass is 10.1. The zero-order valence-corrected chi connectivity index (χ0v) is 16.7. The lowest BCUT2D eigenvalue weighted by Gasteiger charge is -2.25. The van der Waals surface area contributed by atoms with Gasteiger partial charge in [-0.1, -0.05) is 5.92 Å². The van der Waals surface area contributed by atoms with Crippen molar-refractivity contribution in [1.82, 2.24) is 24.0 Å². The summed E-state index contributed by atoms with van der Waals surface area (Å²) in [5.74, 6) is 2.91. The van der Waals surface area contributed by atoms with Gasteiger partial charge in [0.15, 0.2) is 22.9 Å². The molecule has 1 saturated heterocycles. The van der Waals surface area contributed by atoms with Gasteiger partial charge >= 0.3 is 5.69 Å². The largest absolute Gasteiger partial charge is 0.458 e. The van der Waals surface area contributed by atoms with E-state index in [-0.39, 0.29) is 22.9 Å². The van der Waals surface area contributed by atoms with E-state index in [1.54, 1.807) is 19.2 Å². The molecule has 5 rings (SSSR count). The number of ether oxygens (including phenoxy) is 1. The number of aryl methyl sites for hydroxylation is 1. The lowest BCUT2D eigenvalue weighted by Crippen LogP contribution is -2.39. The fourth-order valence-corrected chi connectivity index (χ4v) is 4.25. The van der Waals surface area contributed by atoms with E-state index >= 15 is 0 Å². The van der Waals surface area contributed by atoms with Crippen LogP contribution in [-0.2, 0) is 7.05 Å². The smallest absolute Gasteiger partial charge is 0.334 e. The van der Waals surface area contributed by atoms with Crippen molar-refractivity contribution in [1.29, 1.82) is 0 Å². The molecule has 8 nitrogen and oxygen atoms in total. The third-order valence-corrected chi connectivity index (χ3v) is 5.73. The summed E-state index contributed by atoms with van der Waals surface area (Å²) in [6, 6.07) is 5.49. The molecule has 2 bridgehead atoms. The van der Waals surface area contributed by atoms with Crippen LogP contribution in [0.2, 0.25) is 5.28 Å². The SMILES string of the molecule is C#C[C@H](Oc1nc(Cl)nc2c1n(C)c(=O)n2-c1cc2ccc1o2)[C@@H]1CCCN1C. The normalized spacial score (nSPS) is 18.6. The number of nitrogens with zero attached hydrogens (tertiary/aromatic N) is 5. The minimum Gasteiger partial charge on any atom is -0.458 e. The van der Waals surface area contributed by atoms with Crippen LogP contribution in [0.25, 0.3) is 28.0 Å². The predicted octanol–water partition coefficient (Wildman–Crippen LogP) is 2.43. The third kappa shape index (κ3) is 2.69. The third-order valence-electron chi connectivity index (χ3n) is 5.56. The molecule has 0 aliphatic carbocycles. The Morgan fingerprint density at radius 2 is 2.21 bits per heavy atom. The van der Waals surface area contributed by atoms with Gasteiger partial charge in [0.2, 0.25) is 11.2 Å². The Balaban J connectivity index is 1.67. The number of fused-ring (bicyclic) bond motifs is 3. The number of terminal acetylenes is 1. The molecule has 1 aliphatic heterocycles. The summed E-state index contributed by atoms with van der Waals surface area (Å²) < 4.78 is 14.6. The van der Waals surface area contributed by atoms with Crippen molar-refractivity contribution in [2.75, 3.05) is 13.6 Å². The van der Waals surface area contributed by atoms with Gasteiger partial charge in [0.25, 0.3) is 0 Å². The minimum absolute atomic E-state index is 0.0275. The van der Waals surface area contributed by atoms with Crippen molar-refractivity contribution in [2.45, 2.75) is 25.0 Å². The summed E-state index contributed by atoms with van der Waals surface area (Å²) in [5, 5.41) is -0.0275. The first-order valence-corrected chi connectivity index (χ1v) is 9.66. The highest BCUT2D eigenvalue weighted by Gasteiger charge is 2.31. The summed E-state index contributed by atoms with van der Waals surface area (Å²) in [7, 11) is 3.66. The molecule has 0 aromatic carbocycles. The summed E-state index contributed by atoms with van der Waals surface area (Å²) >= 11 is 6.19. The molecule has 0 radical (unpaired) electrons. The first-order valence-electron chi connectivity index (χ1n) is 9.28. The Kier molecular flexibility index (Phi) is 4.05. The number of likely N-dealkylation sites (N-methyl/N-ethyl adjacent to an activating group) is 1. The van der Waals surface area contributed by atoms with E-state index in [9.17, 15) is 4.79 Å². The molecule has 4 aromatic rings. The molecule has 0 amide bonds. The summed E-state index contributed by atoms with van der Waals surface area (Å²) in [5.41, 5.74) is 2.32. The van der Waals surface area contributed by atoms with Crippen LogP contribution in [-0.4, -0.2) is 49.7 Å². The highest BCUT2D eigenvalue weighted by atomic mass is 35.5. The van der Waals surface area contributed by atoms with Gasteiger partial charge in [0.05, 0.1) is 11.7 Å². The van der Waals surface area contributed by atoms with Crippen molar-refractivity contribution in [2.24, 2.45) is 7.05 Å². The maximum absolute atomic E-state index is 13.0. The molecule has 9 heteroatoms. The van der Waals surface area contributed by atoms with Crippen LogP contribution in [0.3, 0.4) is 0 Å². The van der Waals surface area contributed by atoms with Crippen molar-refractivity contribution in [3.8, 4) is 23.9 Å². The monoisotopic (exact) mass is 411 g/mol. The van der Waals surface area contributed by atoms with Gasteiger partial charge in [0, 0.05) is 13.1 Å². The first-order chi connectivity index (χ1) is 14.0. The maximum Gasteiger partial charge on any atom is 0.334 e. The fourth-order valence-electron chi connectivity index (χ4n) is 4.09. The van der Waals surface area contributed by atoms with Crippen LogP contribution >= 0.6 is 11.6 Å². The summed E-state index contributed by atoms with van der Waals surface area (Å²) in [4.78, 5) is 23.8. The van der Waals surface area contributed by atoms with Gasteiger partial charge in [0.1, 0.15) is 5.58 Å². The van der Waals surface area contributed by atoms with Crippen molar-refractivity contribution < 1.29 is 9.15 Å². The second-order valence-electron chi connectivity index (χ2n) is 7.27. The highest BCUT2D eigenvalue weighted by molar-refractivity contribution is 6.28. The summed E-state index contributed by atoms with van der Waals surface area (Å²) in [6.45, 7) is 0.958. The van der Waals surface area contributed by atoms with Gasteiger partial charge in [-0.05, 0) is 50.2 Å². The average Bonchev–Trinajstić information content (AvgIpc) is 3.46. The molecular formula is C20H18ClN5O3. The molecule has 0 saturated carbocycles. The fraction of sp³-hybridized carbons (Fsp3) is 0.350. The van der Waals surface area contributed by atoms with E-state index in [2.05, 4.69) is 20.8 Å². The number of hydrogen-bond acceptors (Lipinski definition) is 6. The second kappa shape index (κ2) is 6.51. The van der Waals surface area contributed by atoms with Crippen LogP contribution < -0.4 is 10.4 Å². The van der Waals surface area contributed by atoms with Crippen LogP contribution in [0.4, 0.5) is 0 Å². The molecule has 1 fully saturated rings. The van der Waals surface area contributed by atoms with E-state index in [4.69, 9.17) is 27.2 Å². The van der Waals surface area contributed by atoms with E-state index < -0.39 is 6.10 Å². The molecule has 0 spiro atoms. The van der Waals surface area contributed by atoms with Crippen molar-refractivity contribution in [3.63, 3.8) is 0 Å². The number of imidazole rings is 1. The molecule has 1 aliphatic rings.